The molecule has 0 radical (unpaired) electrons. The van der Waals surface area contributed by atoms with Gasteiger partial charge in [-0.3, -0.25) is 9.59 Å². The normalized spacial score (nSPS) is 59.3. The Kier molecular flexibility index (Phi) is 1.96. The molecule has 27 heavy (non-hydrogen) atoms. The predicted octanol–water partition coefficient (Wildman–Crippen LogP) is 2.80. The number of hydrogen-bond donors (Lipinski definition) is 0. The van der Waals surface area contributed by atoms with Crippen molar-refractivity contribution in [1.82, 2.24) is 0 Å². The lowest BCUT2D eigenvalue weighted by Crippen LogP contribution is -2.75. The molecule has 0 amide bonds. The maximum Gasteiger partial charge on any atom is 0.145 e. The lowest BCUT2D eigenvalue weighted by molar-refractivity contribution is -0.232. The van der Waals surface area contributed by atoms with E-state index in [1.165, 1.54) is 5.57 Å². The zero-order valence-electron chi connectivity index (χ0n) is 14.9. The summed E-state index contributed by atoms with van der Waals surface area (Å²) in [5, 5.41) is 0. The van der Waals surface area contributed by atoms with Crippen LogP contribution in [0.2, 0.25) is 0 Å². The van der Waals surface area contributed by atoms with Crippen LogP contribution < -0.4 is 0 Å². The van der Waals surface area contributed by atoms with E-state index in [0.717, 1.165) is 24.7 Å². The molecule has 11 atom stereocenters. The Hall–Kier alpha value is -2.03. The molecule has 1 aromatic rings. The first kappa shape index (κ1) is 14.0. The van der Waals surface area contributed by atoms with Crippen LogP contribution in [-0.4, -0.2) is 17.9 Å². The number of Topliss-reactive ketones (excluding diaryl/α,β-unsaturated/α-hetero) is 2. The smallest absolute Gasteiger partial charge is 0.145 e. The van der Waals surface area contributed by atoms with Gasteiger partial charge in [-0.25, -0.2) is 0 Å². The fourth-order valence-electron chi connectivity index (χ4n) is 10.4. The van der Waals surface area contributed by atoms with Gasteiger partial charge >= 0.3 is 0 Å². The zero-order valence-corrected chi connectivity index (χ0v) is 14.9. The number of aldehydes is 1. The van der Waals surface area contributed by atoms with E-state index in [9.17, 15) is 14.4 Å². The van der Waals surface area contributed by atoms with Crippen LogP contribution in [0.4, 0.5) is 0 Å². The third-order valence-corrected chi connectivity index (χ3v) is 10.4. The van der Waals surface area contributed by atoms with Gasteiger partial charge in [0.15, 0.2) is 0 Å². The lowest BCUT2D eigenvalue weighted by atomic mass is 9.30. The quantitative estimate of drug-likeness (QED) is 0.766. The van der Waals surface area contributed by atoms with Crippen LogP contribution in [0.25, 0.3) is 5.57 Å². The van der Waals surface area contributed by atoms with Gasteiger partial charge in [-0.1, -0.05) is 36.4 Å². The maximum absolute atomic E-state index is 13.8. The van der Waals surface area contributed by atoms with Crippen molar-refractivity contribution in [3.8, 4) is 0 Å². The fourth-order valence-corrected chi connectivity index (χ4v) is 10.4. The zero-order chi connectivity index (χ0) is 17.9. The summed E-state index contributed by atoms with van der Waals surface area (Å²) in [6.07, 6.45) is 5.35. The molecule has 3 nitrogen and oxygen atoms in total. The van der Waals surface area contributed by atoms with Crippen LogP contribution in [0, 0.1) is 64.1 Å². The van der Waals surface area contributed by atoms with Crippen LogP contribution in [0.1, 0.15) is 18.4 Å². The van der Waals surface area contributed by atoms with Crippen LogP contribution in [0.5, 0.6) is 0 Å². The molecule has 2 spiro atoms. The van der Waals surface area contributed by atoms with Gasteiger partial charge in [0.1, 0.15) is 17.9 Å². The fraction of sp³-hybridized carbons (Fsp3) is 0.542. The number of ketones is 2. The maximum atomic E-state index is 13.8. The molecule has 0 unspecified atom stereocenters. The van der Waals surface area contributed by atoms with Crippen molar-refractivity contribution < 1.29 is 14.4 Å². The number of carbonyl (C=O) groups is 3. The highest BCUT2D eigenvalue weighted by Crippen LogP contribution is 2.95. The van der Waals surface area contributed by atoms with Gasteiger partial charge in [-0.2, -0.15) is 0 Å². The molecule has 0 aromatic heterocycles. The summed E-state index contributed by atoms with van der Waals surface area (Å²) >= 11 is 0. The minimum atomic E-state index is -0.645. The highest BCUT2D eigenvalue weighted by molar-refractivity contribution is 6.14. The van der Waals surface area contributed by atoms with Crippen molar-refractivity contribution in [1.29, 1.82) is 0 Å². The van der Waals surface area contributed by atoms with Crippen LogP contribution in [0.15, 0.2) is 36.4 Å². The van der Waals surface area contributed by atoms with E-state index < -0.39 is 10.8 Å². The SMILES string of the molecule is O=C[C@@H]1[C@H]2C[C@H](C=C2c2ccccc2)[C@@]23C(=O)[C@@H]4[C@H]5C[C@H]6[C@@H]4C(=O)[C@@]12[C@H]6[C@H]53. The molecule has 1 aromatic carbocycles. The van der Waals surface area contributed by atoms with Crippen molar-refractivity contribution in [2.24, 2.45) is 64.1 Å². The molecule has 8 rings (SSSR count). The standard InChI is InChI=1S/C24H20O3/c25-9-16-13-7-11(6-12(13)10-4-2-1-3-5-10)23-19-14-8-15-18(17(14)21(23)26)22(27)24(16,23)20(15)19/h1-6,9,11,13-20H,7-8H2/t11-,13-,14+,15-,16+,17+,18-,19-,20+,23+,24-/m0/s1. The monoisotopic (exact) mass is 356 g/mol. The third-order valence-electron chi connectivity index (χ3n) is 10.4. The van der Waals surface area contributed by atoms with E-state index in [1.807, 2.05) is 18.2 Å². The van der Waals surface area contributed by atoms with Gasteiger partial charge in [-0.05, 0) is 59.5 Å². The van der Waals surface area contributed by atoms with Crippen molar-refractivity contribution in [2.45, 2.75) is 12.8 Å². The second-order valence-electron chi connectivity index (χ2n) is 10.2. The molecule has 0 aliphatic heterocycles. The first-order valence-corrected chi connectivity index (χ1v) is 10.5. The number of allylic oxidation sites excluding steroid dienone is 2. The van der Waals surface area contributed by atoms with Gasteiger partial charge in [0.05, 0.1) is 10.8 Å². The van der Waals surface area contributed by atoms with E-state index >= 15 is 0 Å². The van der Waals surface area contributed by atoms with Gasteiger partial charge in [0.25, 0.3) is 0 Å². The Morgan fingerprint density at radius 2 is 1.56 bits per heavy atom. The Morgan fingerprint density at radius 3 is 2.26 bits per heavy atom. The summed E-state index contributed by atoms with van der Waals surface area (Å²) in [6.45, 7) is 0. The summed E-state index contributed by atoms with van der Waals surface area (Å²) in [5.41, 5.74) is 1.21. The van der Waals surface area contributed by atoms with Crippen molar-refractivity contribution in [3.05, 3.63) is 42.0 Å². The molecular weight excluding hydrogens is 336 g/mol. The predicted molar refractivity (Wildman–Crippen MR) is 96.0 cm³/mol. The van der Waals surface area contributed by atoms with Gasteiger partial charge in [0.2, 0.25) is 0 Å². The Balaban J connectivity index is 1.43. The average molecular weight is 356 g/mol. The number of carbonyl (C=O) groups excluding carboxylic acids is 3. The van der Waals surface area contributed by atoms with E-state index in [0.29, 0.717) is 35.2 Å². The summed E-state index contributed by atoms with van der Waals surface area (Å²) in [5.74, 6) is 2.20. The first-order valence-electron chi connectivity index (χ1n) is 10.5. The summed E-state index contributed by atoms with van der Waals surface area (Å²) in [4.78, 5) is 40.1. The minimum absolute atomic E-state index is 0.00241. The molecule has 3 heteroatoms. The minimum Gasteiger partial charge on any atom is -0.303 e. The number of hydrogen-bond acceptors (Lipinski definition) is 3. The molecule has 0 saturated heterocycles. The summed E-state index contributed by atoms with van der Waals surface area (Å²) < 4.78 is 0. The van der Waals surface area contributed by atoms with Crippen LogP contribution in [0.3, 0.4) is 0 Å². The third kappa shape index (κ3) is 0.974. The second kappa shape index (κ2) is 3.76. The molecular formula is C24H20O3. The Labute approximate surface area is 157 Å². The first-order chi connectivity index (χ1) is 13.2. The molecule has 4 bridgehead atoms. The van der Waals surface area contributed by atoms with Crippen molar-refractivity contribution in [3.63, 3.8) is 0 Å². The van der Waals surface area contributed by atoms with Crippen molar-refractivity contribution in [2.75, 3.05) is 0 Å². The van der Waals surface area contributed by atoms with Gasteiger partial charge in [-0.15, -0.1) is 0 Å². The van der Waals surface area contributed by atoms with Gasteiger partial charge in [0, 0.05) is 17.8 Å². The lowest BCUT2D eigenvalue weighted by Gasteiger charge is -2.69. The van der Waals surface area contributed by atoms with E-state index in [4.69, 9.17) is 0 Å². The molecule has 0 heterocycles. The largest absolute Gasteiger partial charge is 0.303 e. The highest BCUT2D eigenvalue weighted by Gasteiger charge is 2.99. The van der Waals surface area contributed by atoms with E-state index in [-0.39, 0.29) is 29.6 Å². The average Bonchev–Trinajstić information content (AvgIpc) is 3.36. The summed E-state index contributed by atoms with van der Waals surface area (Å²) in [7, 11) is 0. The molecule has 6 fully saturated rings. The van der Waals surface area contributed by atoms with Gasteiger partial charge < -0.3 is 4.79 Å². The Bertz CT molecular complexity index is 1020. The Morgan fingerprint density at radius 1 is 0.889 bits per heavy atom. The number of rotatable bonds is 2. The second-order valence-corrected chi connectivity index (χ2v) is 10.2. The highest BCUT2D eigenvalue weighted by atomic mass is 16.2. The number of fused-ring (bicyclic) bond motifs is 3. The topological polar surface area (TPSA) is 51.2 Å². The molecule has 7 aliphatic rings. The van der Waals surface area contributed by atoms with Crippen LogP contribution in [-0.2, 0) is 14.4 Å². The van der Waals surface area contributed by atoms with Crippen LogP contribution >= 0.6 is 0 Å². The molecule has 0 N–H and O–H groups in total. The number of benzene rings is 1. The molecule has 134 valence electrons. The van der Waals surface area contributed by atoms with E-state index in [2.05, 4.69) is 18.2 Å². The molecule has 7 aliphatic carbocycles. The van der Waals surface area contributed by atoms with E-state index in [1.54, 1.807) is 0 Å². The van der Waals surface area contributed by atoms with Crippen molar-refractivity contribution >= 4 is 23.4 Å². The summed E-state index contributed by atoms with van der Waals surface area (Å²) in [6, 6.07) is 10.3. The molecule has 6 saturated carbocycles.